The highest BCUT2D eigenvalue weighted by Crippen LogP contribution is 2.36. The van der Waals surface area contributed by atoms with Crippen molar-refractivity contribution in [1.82, 2.24) is 0 Å². The van der Waals surface area contributed by atoms with Gasteiger partial charge in [-0.2, -0.15) is 0 Å². The van der Waals surface area contributed by atoms with Gasteiger partial charge in [0, 0.05) is 25.1 Å². The van der Waals surface area contributed by atoms with Gasteiger partial charge in [-0.1, -0.05) is 54.0 Å². The van der Waals surface area contributed by atoms with Crippen molar-refractivity contribution in [2.75, 3.05) is 5.32 Å². The van der Waals surface area contributed by atoms with Gasteiger partial charge in [-0.15, -0.1) is 0 Å². The van der Waals surface area contributed by atoms with Crippen molar-refractivity contribution in [3.05, 3.63) is 70.7 Å². The van der Waals surface area contributed by atoms with Gasteiger partial charge in [0.25, 0.3) is 0 Å². The molecule has 0 radical (unpaired) electrons. The first kappa shape index (κ1) is 23.3. The molecular formula is C21H19Cl2NO6. The zero-order valence-electron chi connectivity index (χ0n) is 15.9. The van der Waals surface area contributed by atoms with Crippen LogP contribution in [0, 0.1) is 0 Å². The Labute approximate surface area is 183 Å². The topological polar surface area (TPSA) is 102 Å². The number of halogens is 2. The van der Waals surface area contributed by atoms with Crippen LogP contribution >= 0.6 is 23.2 Å². The predicted molar refractivity (Wildman–Crippen MR) is 113 cm³/mol. The molecule has 0 aliphatic rings. The van der Waals surface area contributed by atoms with E-state index in [0.29, 0.717) is 27.0 Å². The lowest BCUT2D eigenvalue weighted by Gasteiger charge is -2.23. The number of carbonyl (C=O) groups is 3. The third-order valence-corrected chi connectivity index (χ3v) is 4.63. The highest BCUT2D eigenvalue weighted by Gasteiger charge is 2.30. The van der Waals surface area contributed by atoms with E-state index < -0.39 is 30.1 Å². The number of nitrogens with one attached hydrogen (secondary N) is 1. The lowest BCUT2D eigenvalue weighted by atomic mass is 9.93. The van der Waals surface area contributed by atoms with Crippen molar-refractivity contribution >= 4 is 52.5 Å². The summed E-state index contributed by atoms with van der Waals surface area (Å²) in [6.07, 6.45) is -0.837. The summed E-state index contributed by atoms with van der Waals surface area (Å²) in [5.74, 6) is -3.96. The molecule has 0 fully saturated rings. The molecule has 2 rings (SSSR count). The first-order chi connectivity index (χ1) is 14.2. The largest absolute Gasteiger partial charge is 0.481 e. The minimum atomic E-state index is -1.41. The molecule has 0 bridgehead atoms. The van der Waals surface area contributed by atoms with Crippen LogP contribution in [0.1, 0.15) is 24.8 Å². The van der Waals surface area contributed by atoms with Gasteiger partial charge in [0.15, 0.2) is 0 Å². The van der Waals surface area contributed by atoms with E-state index in [0.717, 1.165) is 13.0 Å². The summed E-state index contributed by atoms with van der Waals surface area (Å²) >= 11 is 12.4. The number of anilines is 2. The average molecular weight is 452 g/mol. The van der Waals surface area contributed by atoms with Crippen molar-refractivity contribution in [3.63, 3.8) is 0 Å². The molecule has 2 aromatic rings. The van der Waals surface area contributed by atoms with E-state index in [2.05, 4.69) is 11.9 Å². The number of para-hydroxylation sites is 2. The summed E-state index contributed by atoms with van der Waals surface area (Å²) in [4.78, 5) is 35.0. The van der Waals surface area contributed by atoms with E-state index in [1.807, 2.05) is 0 Å². The predicted octanol–water partition coefficient (Wildman–Crippen LogP) is 4.91. The van der Waals surface area contributed by atoms with E-state index in [9.17, 15) is 19.5 Å². The Morgan fingerprint density at radius 3 is 2.30 bits per heavy atom. The van der Waals surface area contributed by atoms with Gasteiger partial charge in [0.2, 0.25) is 6.29 Å². The lowest BCUT2D eigenvalue weighted by molar-refractivity contribution is -0.186. The second kappa shape index (κ2) is 10.7. The van der Waals surface area contributed by atoms with Crippen molar-refractivity contribution < 1.29 is 29.0 Å². The number of aliphatic carboxylic acids is 1. The third-order valence-electron chi connectivity index (χ3n) is 4.00. The first-order valence-corrected chi connectivity index (χ1v) is 9.51. The molecule has 158 valence electrons. The molecule has 2 aromatic carbocycles. The van der Waals surface area contributed by atoms with Gasteiger partial charge >= 0.3 is 17.9 Å². The van der Waals surface area contributed by atoms with Crippen LogP contribution in [-0.2, 0) is 23.9 Å². The fourth-order valence-electron chi connectivity index (χ4n) is 2.70. The number of carboxylic acid groups (broad SMARTS) is 1. The number of esters is 2. The van der Waals surface area contributed by atoms with Crippen LogP contribution in [0.3, 0.4) is 0 Å². The minimum Gasteiger partial charge on any atom is -0.481 e. The Morgan fingerprint density at radius 1 is 1.10 bits per heavy atom. The van der Waals surface area contributed by atoms with Crippen LogP contribution in [0.2, 0.25) is 10.0 Å². The highest BCUT2D eigenvalue weighted by molar-refractivity contribution is 6.39. The van der Waals surface area contributed by atoms with E-state index in [4.69, 9.17) is 32.7 Å². The van der Waals surface area contributed by atoms with Gasteiger partial charge in [0.1, 0.15) is 0 Å². The van der Waals surface area contributed by atoms with E-state index in [1.165, 1.54) is 0 Å². The van der Waals surface area contributed by atoms with Gasteiger partial charge in [0.05, 0.1) is 21.7 Å². The summed E-state index contributed by atoms with van der Waals surface area (Å²) in [5, 5.41) is 13.6. The quantitative estimate of drug-likeness (QED) is 0.317. The summed E-state index contributed by atoms with van der Waals surface area (Å²) in [6, 6.07) is 11.6. The second-order valence-electron chi connectivity index (χ2n) is 6.12. The maximum Gasteiger partial charge on any atom is 0.333 e. The smallest absolute Gasteiger partial charge is 0.333 e. The standard InChI is InChI=1S/C21H19Cl2NO6/c1-3-18(26)30-19(29-12(2)25)11-14(21(27)28)13-7-4-5-10-17(13)24-20-15(22)8-6-9-16(20)23/h3-10,14,19,24H,1,11H2,2H3,(H,27,28). The van der Waals surface area contributed by atoms with Crippen molar-refractivity contribution in [3.8, 4) is 0 Å². The van der Waals surface area contributed by atoms with Crippen molar-refractivity contribution in [1.29, 1.82) is 0 Å². The first-order valence-electron chi connectivity index (χ1n) is 8.76. The molecule has 0 aliphatic heterocycles. The maximum atomic E-state index is 12.0. The number of carbonyl (C=O) groups excluding carboxylic acids is 2. The van der Waals surface area contributed by atoms with Gasteiger partial charge in [-0.05, 0) is 23.8 Å². The highest BCUT2D eigenvalue weighted by atomic mass is 35.5. The normalized spacial score (nSPS) is 12.4. The average Bonchev–Trinajstić information content (AvgIpc) is 2.68. The van der Waals surface area contributed by atoms with Crippen LogP contribution < -0.4 is 5.32 Å². The Bertz CT molecular complexity index is 942. The van der Waals surface area contributed by atoms with Crippen molar-refractivity contribution in [2.24, 2.45) is 0 Å². The molecule has 0 saturated carbocycles. The zero-order valence-corrected chi connectivity index (χ0v) is 17.4. The molecule has 2 unspecified atom stereocenters. The Morgan fingerprint density at radius 2 is 1.73 bits per heavy atom. The third kappa shape index (κ3) is 6.23. The molecule has 0 aliphatic carbocycles. The number of benzene rings is 2. The number of rotatable bonds is 9. The fourth-order valence-corrected chi connectivity index (χ4v) is 3.19. The van der Waals surface area contributed by atoms with Crippen molar-refractivity contribution in [2.45, 2.75) is 25.6 Å². The molecule has 0 heterocycles. The molecular weight excluding hydrogens is 433 g/mol. The fraction of sp³-hybridized carbons (Fsp3) is 0.190. The number of ether oxygens (including phenoxy) is 2. The Balaban J connectivity index is 2.40. The molecule has 0 aromatic heterocycles. The van der Waals surface area contributed by atoms with E-state index >= 15 is 0 Å². The summed E-state index contributed by atoms with van der Waals surface area (Å²) < 4.78 is 9.95. The SMILES string of the molecule is C=CC(=O)OC(CC(C(=O)O)c1ccccc1Nc1c(Cl)cccc1Cl)OC(C)=O. The van der Waals surface area contributed by atoms with E-state index in [-0.39, 0.29) is 6.42 Å². The summed E-state index contributed by atoms with van der Waals surface area (Å²) in [5.41, 5.74) is 1.19. The van der Waals surface area contributed by atoms with Crippen LogP contribution in [0.25, 0.3) is 0 Å². The van der Waals surface area contributed by atoms with E-state index in [1.54, 1.807) is 42.5 Å². The molecule has 2 N–H and O–H groups in total. The number of hydrogen-bond donors (Lipinski definition) is 2. The molecule has 0 amide bonds. The Hall–Kier alpha value is -3.03. The molecule has 9 heteroatoms. The maximum absolute atomic E-state index is 12.0. The monoisotopic (exact) mass is 451 g/mol. The lowest BCUT2D eigenvalue weighted by Crippen LogP contribution is -2.28. The second-order valence-corrected chi connectivity index (χ2v) is 6.93. The molecule has 7 nitrogen and oxygen atoms in total. The molecule has 30 heavy (non-hydrogen) atoms. The molecule has 0 saturated heterocycles. The van der Waals surface area contributed by atoms with Gasteiger partial charge in [-0.3, -0.25) is 9.59 Å². The molecule has 0 spiro atoms. The van der Waals surface area contributed by atoms with Crippen LogP contribution in [0.15, 0.2) is 55.1 Å². The zero-order chi connectivity index (χ0) is 22.3. The number of hydrogen-bond acceptors (Lipinski definition) is 6. The molecule has 2 atom stereocenters. The van der Waals surface area contributed by atoms with Gasteiger partial charge < -0.3 is 19.9 Å². The van der Waals surface area contributed by atoms with Crippen LogP contribution in [0.5, 0.6) is 0 Å². The Kier molecular flexibility index (Phi) is 8.26. The summed E-state index contributed by atoms with van der Waals surface area (Å²) in [6.45, 7) is 4.40. The summed E-state index contributed by atoms with van der Waals surface area (Å²) in [7, 11) is 0. The minimum absolute atomic E-state index is 0.316. The number of carboxylic acids is 1. The van der Waals surface area contributed by atoms with Crippen LogP contribution in [-0.4, -0.2) is 29.3 Å². The van der Waals surface area contributed by atoms with Gasteiger partial charge in [-0.25, -0.2) is 4.79 Å². The van der Waals surface area contributed by atoms with Crippen LogP contribution in [0.4, 0.5) is 11.4 Å².